The number of aliphatic hydroxyl groups excluding tert-OH is 1. The molecule has 1 heterocycles. The Kier molecular flexibility index (Phi) is 5.59. The molecular weight excluding hydrogens is 328 g/mol. The standard InChI is InChI=1S/C21H26N2O3/c1-15-4-7-17(8-5-15)20(22(2)3)21(25)23-10-11-26-19-9-6-16(14-24)12-18(19)13-23/h4-9,12,20,24H,10-11,13-14H2,1-3H3/t20-/m1/s1. The van der Waals surface area contributed by atoms with Gasteiger partial charge < -0.3 is 14.7 Å². The van der Waals surface area contributed by atoms with E-state index in [1.165, 1.54) is 5.56 Å². The minimum absolute atomic E-state index is 0.0229. The first-order valence-electron chi connectivity index (χ1n) is 8.87. The number of carbonyl (C=O) groups excluding carboxylic acids is 1. The van der Waals surface area contributed by atoms with Crippen LogP contribution in [-0.4, -0.2) is 48.1 Å². The molecule has 1 aliphatic rings. The van der Waals surface area contributed by atoms with Crippen LogP contribution in [-0.2, 0) is 17.9 Å². The molecule has 0 unspecified atom stereocenters. The van der Waals surface area contributed by atoms with E-state index in [1.54, 1.807) is 0 Å². The van der Waals surface area contributed by atoms with E-state index in [1.807, 2.05) is 73.3 Å². The molecule has 0 aliphatic carbocycles. The average molecular weight is 354 g/mol. The minimum atomic E-state index is -0.335. The molecule has 0 spiro atoms. The van der Waals surface area contributed by atoms with E-state index in [0.29, 0.717) is 19.7 Å². The summed E-state index contributed by atoms with van der Waals surface area (Å²) in [5.41, 5.74) is 3.92. The van der Waals surface area contributed by atoms with Crippen LogP contribution in [0.1, 0.15) is 28.3 Å². The largest absolute Gasteiger partial charge is 0.491 e. The van der Waals surface area contributed by atoms with E-state index in [2.05, 4.69) is 0 Å². The number of fused-ring (bicyclic) bond motifs is 1. The fourth-order valence-electron chi connectivity index (χ4n) is 3.32. The quantitative estimate of drug-likeness (QED) is 0.917. The van der Waals surface area contributed by atoms with E-state index in [-0.39, 0.29) is 18.6 Å². The number of carbonyl (C=O) groups is 1. The Morgan fingerprint density at radius 3 is 2.62 bits per heavy atom. The Balaban J connectivity index is 1.87. The van der Waals surface area contributed by atoms with Crippen molar-refractivity contribution < 1.29 is 14.6 Å². The van der Waals surface area contributed by atoms with Crippen LogP contribution in [0.4, 0.5) is 0 Å². The van der Waals surface area contributed by atoms with Crippen LogP contribution in [0.5, 0.6) is 5.75 Å². The number of likely N-dealkylation sites (N-methyl/N-ethyl adjacent to an activating group) is 1. The molecule has 138 valence electrons. The SMILES string of the molecule is Cc1ccc([C@H](C(=O)N2CCOc3ccc(CO)cc3C2)N(C)C)cc1. The highest BCUT2D eigenvalue weighted by atomic mass is 16.5. The zero-order valence-corrected chi connectivity index (χ0v) is 15.6. The predicted octanol–water partition coefficient (Wildman–Crippen LogP) is 2.51. The van der Waals surface area contributed by atoms with E-state index in [4.69, 9.17) is 4.74 Å². The molecule has 0 fully saturated rings. The maximum atomic E-state index is 13.3. The Morgan fingerprint density at radius 1 is 1.23 bits per heavy atom. The van der Waals surface area contributed by atoms with Crippen LogP contribution in [0.25, 0.3) is 0 Å². The van der Waals surface area contributed by atoms with Crippen molar-refractivity contribution in [1.82, 2.24) is 9.80 Å². The molecule has 1 N–H and O–H groups in total. The Labute approximate surface area is 154 Å². The monoisotopic (exact) mass is 354 g/mol. The topological polar surface area (TPSA) is 53.0 Å². The summed E-state index contributed by atoms with van der Waals surface area (Å²) in [7, 11) is 3.85. The van der Waals surface area contributed by atoms with Crippen LogP contribution in [0.15, 0.2) is 42.5 Å². The van der Waals surface area contributed by atoms with Gasteiger partial charge in [0, 0.05) is 12.1 Å². The number of ether oxygens (including phenoxy) is 1. The molecule has 5 nitrogen and oxygen atoms in total. The summed E-state index contributed by atoms with van der Waals surface area (Å²) in [4.78, 5) is 17.1. The molecule has 0 saturated heterocycles. The van der Waals surface area contributed by atoms with Gasteiger partial charge in [0.05, 0.1) is 13.2 Å². The normalized spacial score (nSPS) is 15.2. The maximum Gasteiger partial charge on any atom is 0.244 e. The third kappa shape index (κ3) is 3.89. The molecule has 2 aromatic rings. The highest BCUT2D eigenvalue weighted by molar-refractivity contribution is 5.83. The number of amides is 1. The first-order chi connectivity index (χ1) is 12.5. The van der Waals surface area contributed by atoms with E-state index in [9.17, 15) is 9.90 Å². The highest BCUT2D eigenvalue weighted by Gasteiger charge is 2.29. The lowest BCUT2D eigenvalue weighted by Gasteiger charge is -2.30. The molecule has 0 aromatic heterocycles. The number of rotatable bonds is 4. The third-order valence-corrected chi connectivity index (χ3v) is 4.74. The van der Waals surface area contributed by atoms with E-state index in [0.717, 1.165) is 22.4 Å². The van der Waals surface area contributed by atoms with Gasteiger partial charge in [-0.25, -0.2) is 0 Å². The van der Waals surface area contributed by atoms with Gasteiger partial charge in [0.25, 0.3) is 0 Å². The number of nitrogens with zero attached hydrogens (tertiary/aromatic N) is 2. The second-order valence-corrected chi connectivity index (χ2v) is 6.99. The molecule has 2 aromatic carbocycles. The molecule has 5 heteroatoms. The summed E-state index contributed by atoms with van der Waals surface area (Å²) in [5.74, 6) is 0.846. The lowest BCUT2D eigenvalue weighted by molar-refractivity contribution is -0.137. The van der Waals surface area contributed by atoms with Crippen molar-refractivity contribution in [1.29, 1.82) is 0 Å². The van der Waals surface area contributed by atoms with Crippen LogP contribution in [0.3, 0.4) is 0 Å². The lowest BCUT2D eigenvalue weighted by atomic mass is 10.0. The second kappa shape index (κ2) is 7.89. The van der Waals surface area contributed by atoms with Crippen molar-refractivity contribution in [3.05, 3.63) is 64.7 Å². The van der Waals surface area contributed by atoms with Gasteiger partial charge in [-0.2, -0.15) is 0 Å². The van der Waals surface area contributed by atoms with Gasteiger partial charge >= 0.3 is 0 Å². The number of aryl methyl sites for hydroxylation is 1. The van der Waals surface area contributed by atoms with Crippen LogP contribution >= 0.6 is 0 Å². The first kappa shape index (κ1) is 18.4. The van der Waals surface area contributed by atoms with Crippen molar-refractivity contribution >= 4 is 5.91 Å². The number of benzene rings is 2. The fourth-order valence-corrected chi connectivity index (χ4v) is 3.32. The van der Waals surface area contributed by atoms with Crippen molar-refractivity contribution in [2.75, 3.05) is 27.2 Å². The van der Waals surface area contributed by atoms with Crippen LogP contribution in [0.2, 0.25) is 0 Å². The Bertz CT molecular complexity index is 771. The molecule has 26 heavy (non-hydrogen) atoms. The lowest BCUT2D eigenvalue weighted by Crippen LogP contribution is -2.41. The second-order valence-electron chi connectivity index (χ2n) is 6.99. The molecule has 0 bridgehead atoms. The minimum Gasteiger partial charge on any atom is -0.491 e. The zero-order valence-electron chi connectivity index (χ0n) is 15.6. The van der Waals surface area contributed by atoms with Crippen LogP contribution < -0.4 is 4.74 Å². The molecule has 0 radical (unpaired) electrons. The van der Waals surface area contributed by atoms with Gasteiger partial charge in [-0.05, 0) is 44.3 Å². The summed E-state index contributed by atoms with van der Waals surface area (Å²) in [6, 6.07) is 13.4. The van der Waals surface area contributed by atoms with Gasteiger partial charge in [-0.1, -0.05) is 35.9 Å². The molecular formula is C21H26N2O3. The molecule has 1 atom stereocenters. The summed E-state index contributed by atoms with van der Waals surface area (Å²) in [6.45, 7) is 3.50. The van der Waals surface area contributed by atoms with Crippen molar-refractivity contribution in [2.24, 2.45) is 0 Å². The molecule has 1 amide bonds. The van der Waals surface area contributed by atoms with Crippen molar-refractivity contribution in [3.63, 3.8) is 0 Å². The smallest absolute Gasteiger partial charge is 0.244 e. The highest BCUT2D eigenvalue weighted by Crippen LogP contribution is 2.28. The average Bonchev–Trinajstić information content (AvgIpc) is 2.84. The van der Waals surface area contributed by atoms with Crippen LogP contribution in [0, 0.1) is 6.92 Å². The van der Waals surface area contributed by atoms with Gasteiger partial charge in [-0.3, -0.25) is 9.69 Å². The van der Waals surface area contributed by atoms with Crippen molar-refractivity contribution in [3.8, 4) is 5.75 Å². The number of aliphatic hydroxyl groups is 1. The van der Waals surface area contributed by atoms with E-state index >= 15 is 0 Å². The third-order valence-electron chi connectivity index (χ3n) is 4.74. The summed E-state index contributed by atoms with van der Waals surface area (Å²) < 4.78 is 5.80. The number of hydrogen-bond donors (Lipinski definition) is 1. The zero-order chi connectivity index (χ0) is 18.7. The summed E-state index contributed by atoms with van der Waals surface area (Å²) >= 11 is 0. The van der Waals surface area contributed by atoms with Gasteiger partial charge in [0.2, 0.25) is 5.91 Å². The summed E-state index contributed by atoms with van der Waals surface area (Å²) in [6.07, 6.45) is 0. The van der Waals surface area contributed by atoms with E-state index < -0.39 is 0 Å². The van der Waals surface area contributed by atoms with Crippen molar-refractivity contribution in [2.45, 2.75) is 26.1 Å². The molecule has 1 aliphatic heterocycles. The Hall–Kier alpha value is -2.37. The molecule has 0 saturated carbocycles. The van der Waals surface area contributed by atoms with Gasteiger partial charge in [0.15, 0.2) is 0 Å². The predicted molar refractivity (Wildman–Crippen MR) is 101 cm³/mol. The van der Waals surface area contributed by atoms with Gasteiger partial charge in [0.1, 0.15) is 18.4 Å². The van der Waals surface area contributed by atoms with Gasteiger partial charge in [-0.15, -0.1) is 0 Å². The first-order valence-corrected chi connectivity index (χ1v) is 8.87. The molecule has 3 rings (SSSR count). The number of hydrogen-bond acceptors (Lipinski definition) is 4. The fraction of sp³-hybridized carbons (Fsp3) is 0.381. The Morgan fingerprint density at radius 2 is 1.96 bits per heavy atom. The summed E-state index contributed by atoms with van der Waals surface area (Å²) in [5, 5.41) is 9.39. The maximum absolute atomic E-state index is 13.3.